The fourth-order valence-corrected chi connectivity index (χ4v) is 4.39. The number of rotatable bonds is 7. The number of nitrogens with one attached hydrogen (secondary N) is 2. The van der Waals surface area contributed by atoms with Gasteiger partial charge in [-0.1, -0.05) is 37.5 Å². The van der Waals surface area contributed by atoms with Crippen LogP contribution < -0.4 is 10.5 Å². The zero-order valence-corrected chi connectivity index (χ0v) is 16.9. The third kappa shape index (κ3) is 4.38. The normalized spacial score (nSPS) is 16.3. The van der Waals surface area contributed by atoms with Crippen LogP contribution in [-0.4, -0.2) is 43.4 Å². The van der Waals surface area contributed by atoms with Gasteiger partial charge in [-0.3, -0.25) is 4.79 Å². The Morgan fingerprint density at radius 1 is 1.24 bits per heavy atom. The van der Waals surface area contributed by atoms with Gasteiger partial charge in [0.2, 0.25) is 5.82 Å². The second-order valence-electron chi connectivity index (χ2n) is 8.07. The Hall–Kier alpha value is -2.58. The van der Waals surface area contributed by atoms with E-state index in [9.17, 15) is 9.90 Å². The minimum absolute atomic E-state index is 0.0465. The summed E-state index contributed by atoms with van der Waals surface area (Å²) in [4.78, 5) is 16.8. The summed E-state index contributed by atoms with van der Waals surface area (Å²) in [5, 5.41) is 23.0. The summed E-state index contributed by atoms with van der Waals surface area (Å²) in [6, 6.07) is 8.32. The van der Waals surface area contributed by atoms with E-state index in [1.165, 1.54) is 19.3 Å². The molecule has 0 saturated heterocycles. The maximum absolute atomic E-state index is 12.7. The second kappa shape index (κ2) is 8.84. The molecule has 1 saturated carbocycles. The molecule has 8 nitrogen and oxygen atoms in total. The Kier molecular flexibility index (Phi) is 6.01. The lowest BCUT2D eigenvalue weighted by Crippen LogP contribution is -3.10. The van der Waals surface area contributed by atoms with Crippen LogP contribution in [0.2, 0.25) is 0 Å². The van der Waals surface area contributed by atoms with Crippen molar-refractivity contribution in [3.05, 3.63) is 51.6 Å². The molecule has 3 aromatic rings. The van der Waals surface area contributed by atoms with Crippen molar-refractivity contribution in [3.63, 3.8) is 0 Å². The molecule has 0 bridgehead atoms. The number of pyridine rings is 1. The topological polar surface area (TPSA) is 101 Å². The third-order valence-electron chi connectivity index (χ3n) is 5.96. The Morgan fingerprint density at radius 3 is 2.86 bits per heavy atom. The number of tetrazole rings is 1. The number of hydrogen-bond acceptors (Lipinski definition) is 5. The molecule has 1 atom stereocenters. The Labute approximate surface area is 169 Å². The highest BCUT2D eigenvalue weighted by Gasteiger charge is 2.23. The van der Waals surface area contributed by atoms with E-state index in [1.54, 1.807) is 0 Å². The highest BCUT2D eigenvalue weighted by atomic mass is 16.3. The monoisotopic (exact) mass is 397 g/mol. The lowest BCUT2D eigenvalue weighted by molar-refractivity contribution is -0.928. The molecule has 1 aliphatic rings. The van der Waals surface area contributed by atoms with E-state index in [1.807, 2.05) is 35.9 Å². The van der Waals surface area contributed by atoms with E-state index >= 15 is 0 Å². The van der Waals surface area contributed by atoms with Crippen LogP contribution >= 0.6 is 0 Å². The Bertz CT molecular complexity index is 1020. The number of para-hydroxylation sites is 1. The first-order valence-electron chi connectivity index (χ1n) is 10.5. The van der Waals surface area contributed by atoms with Gasteiger partial charge >= 0.3 is 0 Å². The Morgan fingerprint density at radius 2 is 2.07 bits per heavy atom. The van der Waals surface area contributed by atoms with E-state index in [-0.39, 0.29) is 12.2 Å². The van der Waals surface area contributed by atoms with Crippen LogP contribution in [0.1, 0.15) is 55.1 Å². The molecule has 1 fully saturated rings. The van der Waals surface area contributed by atoms with Crippen molar-refractivity contribution in [3.8, 4) is 0 Å². The van der Waals surface area contributed by atoms with Crippen molar-refractivity contribution in [1.82, 2.24) is 25.2 Å². The standard InChI is InChI=1S/C21H28N6O2/c1-15-6-5-7-16-12-17(21(29)22-20(15)16)13-26(10-11-28)14-19-23-24-25-27(19)18-8-3-2-4-9-18/h5-7,12,18,28H,2-4,8-11,13-14H2,1H3,(H,22,29)/p+1. The maximum atomic E-state index is 12.7. The second-order valence-corrected chi connectivity index (χ2v) is 8.07. The van der Waals surface area contributed by atoms with E-state index in [4.69, 9.17) is 0 Å². The van der Waals surface area contributed by atoms with Gasteiger partial charge in [0.15, 0.2) is 0 Å². The highest BCUT2D eigenvalue weighted by molar-refractivity contribution is 5.81. The molecule has 1 unspecified atom stereocenters. The highest BCUT2D eigenvalue weighted by Crippen LogP contribution is 2.27. The molecule has 1 aliphatic carbocycles. The number of quaternary nitrogens is 1. The number of aromatic amines is 1. The van der Waals surface area contributed by atoms with Crippen LogP contribution in [-0.2, 0) is 13.1 Å². The molecule has 0 spiro atoms. The first-order chi connectivity index (χ1) is 14.2. The van der Waals surface area contributed by atoms with Gasteiger partial charge in [-0.05, 0) is 47.2 Å². The molecule has 1 aromatic carbocycles. The fraction of sp³-hybridized carbons (Fsp3) is 0.524. The summed E-state index contributed by atoms with van der Waals surface area (Å²) in [6.07, 6.45) is 5.92. The summed E-state index contributed by atoms with van der Waals surface area (Å²) >= 11 is 0. The average Bonchev–Trinajstić information content (AvgIpc) is 3.18. The van der Waals surface area contributed by atoms with Crippen LogP contribution in [0.3, 0.4) is 0 Å². The van der Waals surface area contributed by atoms with Crippen molar-refractivity contribution >= 4 is 10.9 Å². The summed E-state index contributed by atoms with van der Waals surface area (Å²) in [5.41, 5.74) is 2.57. The predicted octanol–water partition coefficient (Wildman–Crippen LogP) is 0.906. The number of aryl methyl sites for hydroxylation is 1. The molecule has 2 heterocycles. The maximum Gasteiger partial charge on any atom is 0.257 e. The van der Waals surface area contributed by atoms with Crippen molar-refractivity contribution in [2.75, 3.05) is 13.2 Å². The van der Waals surface area contributed by atoms with Gasteiger partial charge in [-0.2, -0.15) is 0 Å². The first-order valence-corrected chi connectivity index (χ1v) is 10.5. The molecular formula is C21H29N6O2+. The summed E-state index contributed by atoms with van der Waals surface area (Å²) < 4.78 is 1.96. The number of H-pyrrole nitrogens is 1. The summed E-state index contributed by atoms with van der Waals surface area (Å²) in [6.45, 7) is 3.66. The molecule has 29 heavy (non-hydrogen) atoms. The van der Waals surface area contributed by atoms with Gasteiger partial charge in [0.25, 0.3) is 5.56 Å². The lowest BCUT2D eigenvalue weighted by Gasteiger charge is -2.23. The van der Waals surface area contributed by atoms with Crippen LogP contribution in [0.4, 0.5) is 0 Å². The average molecular weight is 398 g/mol. The Balaban J connectivity index is 1.56. The quantitative estimate of drug-likeness (QED) is 0.550. The number of fused-ring (bicyclic) bond motifs is 1. The van der Waals surface area contributed by atoms with Gasteiger partial charge < -0.3 is 15.0 Å². The number of benzene rings is 1. The van der Waals surface area contributed by atoms with Gasteiger partial charge in [0.05, 0.1) is 23.7 Å². The molecule has 0 radical (unpaired) electrons. The molecule has 8 heteroatoms. The zero-order valence-electron chi connectivity index (χ0n) is 16.9. The molecule has 2 aromatic heterocycles. The number of aromatic nitrogens is 5. The smallest absolute Gasteiger partial charge is 0.257 e. The third-order valence-corrected chi connectivity index (χ3v) is 5.96. The largest absolute Gasteiger partial charge is 0.391 e. The minimum atomic E-state index is -0.0749. The zero-order chi connectivity index (χ0) is 20.2. The van der Waals surface area contributed by atoms with E-state index < -0.39 is 0 Å². The van der Waals surface area contributed by atoms with Crippen molar-refractivity contribution in [2.45, 2.75) is 58.2 Å². The van der Waals surface area contributed by atoms with Gasteiger partial charge in [0.1, 0.15) is 19.6 Å². The van der Waals surface area contributed by atoms with E-state index in [0.717, 1.165) is 40.0 Å². The van der Waals surface area contributed by atoms with Gasteiger partial charge in [-0.15, -0.1) is 5.10 Å². The predicted molar refractivity (Wildman–Crippen MR) is 110 cm³/mol. The molecule has 154 valence electrons. The molecule has 4 rings (SSSR count). The molecule has 0 amide bonds. The van der Waals surface area contributed by atoms with E-state index in [0.29, 0.717) is 31.2 Å². The van der Waals surface area contributed by atoms with Crippen LogP contribution in [0.5, 0.6) is 0 Å². The van der Waals surface area contributed by atoms with Gasteiger partial charge in [0, 0.05) is 0 Å². The number of nitrogens with zero attached hydrogens (tertiary/aromatic N) is 4. The number of aliphatic hydroxyl groups excluding tert-OH is 1. The van der Waals surface area contributed by atoms with Crippen LogP contribution in [0, 0.1) is 6.92 Å². The van der Waals surface area contributed by atoms with Crippen molar-refractivity contribution in [2.24, 2.45) is 0 Å². The van der Waals surface area contributed by atoms with Gasteiger partial charge in [-0.25, -0.2) is 4.68 Å². The van der Waals surface area contributed by atoms with Crippen molar-refractivity contribution < 1.29 is 10.0 Å². The molecule has 0 aliphatic heterocycles. The van der Waals surface area contributed by atoms with E-state index in [2.05, 4.69) is 20.5 Å². The van der Waals surface area contributed by atoms with Crippen LogP contribution in [0.15, 0.2) is 29.1 Å². The summed E-state index contributed by atoms with van der Waals surface area (Å²) in [7, 11) is 0. The number of aliphatic hydroxyl groups is 1. The number of hydrogen-bond donors (Lipinski definition) is 3. The lowest BCUT2D eigenvalue weighted by atomic mass is 9.95. The summed E-state index contributed by atoms with van der Waals surface area (Å²) in [5.74, 6) is 0.827. The first kappa shape index (κ1) is 19.7. The van der Waals surface area contributed by atoms with Crippen molar-refractivity contribution in [1.29, 1.82) is 0 Å². The van der Waals surface area contributed by atoms with Crippen LogP contribution in [0.25, 0.3) is 10.9 Å². The minimum Gasteiger partial charge on any atom is -0.391 e. The SMILES string of the molecule is Cc1cccc2cc(C[NH+](CCO)Cc3nnnn3C3CCCCC3)c(=O)[nH]c12. The molecular weight excluding hydrogens is 368 g/mol. The fourth-order valence-electron chi connectivity index (χ4n) is 4.39. The molecule has 3 N–H and O–H groups in total.